The molecule has 11 heteroatoms. The molecule has 0 atom stereocenters. The number of aliphatic hydroxyl groups is 1. The number of aliphatic hydroxyl groups excluding tert-OH is 1. The average molecular weight is 548 g/mol. The van der Waals surface area contributed by atoms with Crippen LogP contribution >= 0.6 is 39.5 Å². The van der Waals surface area contributed by atoms with Crippen molar-refractivity contribution >= 4 is 50.3 Å². The van der Waals surface area contributed by atoms with Crippen LogP contribution in [0.5, 0.6) is 0 Å². The molecule has 33 heavy (non-hydrogen) atoms. The van der Waals surface area contributed by atoms with Gasteiger partial charge in [-0.25, -0.2) is 4.98 Å². The van der Waals surface area contributed by atoms with Crippen LogP contribution in [0, 0.1) is 22.7 Å². The molecule has 8 nitrogen and oxygen atoms in total. The van der Waals surface area contributed by atoms with Crippen LogP contribution in [0.4, 0.5) is 0 Å². The van der Waals surface area contributed by atoms with Crippen LogP contribution in [-0.2, 0) is 6.42 Å². The molecule has 3 rings (SSSR count). The molecule has 0 aromatic carbocycles. The summed E-state index contributed by atoms with van der Waals surface area (Å²) in [7, 11) is 0. The van der Waals surface area contributed by atoms with E-state index in [1.165, 1.54) is 11.3 Å². The summed E-state index contributed by atoms with van der Waals surface area (Å²) >= 11 is 8.91. The highest BCUT2D eigenvalue weighted by Crippen LogP contribution is 2.19. The van der Waals surface area contributed by atoms with Crippen LogP contribution in [0.3, 0.4) is 0 Å². The molecule has 0 aliphatic rings. The van der Waals surface area contributed by atoms with E-state index in [-0.39, 0.29) is 23.8 Å². The fourth-order valence-electron chi connectivity index (χ4n) is 1.77. The van der Waals surface area contributed by atoms with Gasteiger partial charge < -0.3 is 10.8 Å². The zero-order valence-corrected chi connectivity index (χ0v) is 21.1. The molecule has 0 aliphatic carbocycles. The number of nitriles is 2. The molecule has 3 N–H and O–H groups in total. The smallest absolute Gasteiger partial charge is 0.191 e. The zero-order valence-electron chi connectivity index (χ0n) is 17.9. The summed E-state index contributed by atoms with van der Waals surface area (Å²) < 4.78 is 0. The number of thiazole rings is 1. The van der Waals surface area contributed by atoms with Crippen molar-refractivity contribution in [3.63, 3.8) is 0 Å². The Labute approximate surface area is 210 Å². The second-order valence-electron chi connectivity index (χ2n) is 5.57. The Bertz CT molecular complexity index is 1030. The van der Waals surface area contributed by atoms with Gasteiger partial charge in [0.15, 0.2) is 5.78 Å². The molecule has 172 valence electrons. The van der Waals surface area contributed by atoms with Crippen LogP contribution in [0.2, 0.25) is 0 Å². The summed E-state index contributed by atoms with van der Waals surface area (Å²) in [6, 6.07) is 14.8. The number of rotatable bonds is 5. The predicted molar refractivity (Wildman–Crippen MR) is 137 cm³/mol. The Morgan fingerprint density at radius 3 is 2.21 bits per heavy atom. The van der Waals surface area contributed by atoms with E-state index < -0.39 is 0 Å². The number of Topliss-reactive ketones (excluding diaryl/α,β-unsaturated/α-hetero) is 1. The monoisotopic (exact) mass is 546 g/mol. The molecule has 0 radical (unpaired) electrons. The zero-order chi connectivity index (χ0) is 24.9. The maximum atomic E-state index is 10.9. The molecule has 0 amide bonds. The fourth-order valence-corrected chi connectivity index (χ4v) is 2.84. The first-order chi connectivity index (χ1) is 15.9. The van der Waals surface area contributed by atoms with E-state index in [4.69, 9.17) is 21.4 Å². The summed E-state index contributed by atoms with van der Waals surface area (Å²) in [5, 5.41) is 27.0. The van der Waals surface area contributed by atoms with Crippen LogP contribution in [-0.4, -0.2) is 42.8 Å². The van der Waals surface area contributed by atoms with Crippen molar-refractivity contribution in [1.29, 1.82) is 10.5 Å². The minimum Gasteiger partial charge on any atom is -0.397 e. The number of carbonyl (C=O) groups is 1. The Kier molecular flexibility index (Phi) is 17.8. The second kappa shape index (κ2) is 19.6. The van der Waals surface area contributed by atoms with Crippen LogP contribution in [0.15, 0.2) is 54.2 Å². The first-order valence-electron chi connectivity index (χ1n) is 9.42. The van der Waals surface area contributed by atoms with Crippen LogP contribution in [0.25, 0.3) is 11.4 Å². The number of alkyl halides is 1. The summed E-state index contributed by atoms with van der Waals surface area (Å²) in [5.41, 5.74) is 7.13. The fraction of sp³-hybridized carbons (Fsp3) is 0.227. The van der Waals surface area contributed by atoms with E-state index in [1.807, 2.05) is 23.6 Å². The number of hydrogen-bond donors (Lipinski definition) is 2. The maximum Gasteiger partial charge on any atom is 0.191 e. The van der Waals surface area contributed by atoms with E-state index in [2.05, 4.69) is 49.2 Å². The van der Waals surface area contributed by atoms with Gasteiger partial charge in [0.25, 0.3) is 0 Å². The van der Waals surface area contributed by atoms with Gasteiger partial charge in [-0.1, -0.05) is 40.3 Å². The summed E-state index contributed by atoms with van der Waals surface area (Å²) in [5.74, 6) is 0.0144. The Balaban J connectivity index is 0.000000472. The number of thiocarbonyl (C=S) groups is 1. The van der Waals surface area contributed by atoms with Crippen molar-refractivity contribution in [3.05, 3.63) is 64.9 Å². The highest BCUT2D eigenvalue weighted by Gasteiger charge is 2.04. The molecule has 0 bridgehead atoms. The van der Waals surface area contributed by atoms with Gasteiger partial charge in [-0.2, -0.15) is 10.5 Å². The standard InChI is InChI=1S/C10H7N3S.C7H6BrNO.C3H4N2S.C2H6O/c11-5-4-10-13-9(7-14-10)8-3-1-2-6-12-8;8-5-7(10)6-3-1-2-4-9-6;4-2-1-3(5)6;1-2-3/h1-3,6-7H,4H2;1-4H,5H2;1H2,(H2,5,6);3H,2H2,1H3. The largest absolute Gasteiger partial charge is 0.397 e. The van der Waals surface area contributed by atoms with Crippen molar-refractivity contribution in [2.24, 2.45) is 5.73 Å². The lowest BCUT2D eigenvalue weighted by atomic mass is 10.3. The molecular formula is C22H23BrN6O2S2. The van der Waals surface area contributed by atoms with Crippen LogP contribution < -0.4 is 5.73 Å². The van der Waals surface area contributed by atoms with E-state index in [9.17, 15) is 4.79 Å². The van der Waals surface area contributed by atoms with E-state index in [1.54, 1.807) is 43.6 Å². The number of nitrogens with zero attached hydrogens (tertiary/aromatic N) is 5. The van der Waals surface area contributed by atoms with E-state index in [0.717, 1.165) is 16.4 Å². The summed E-state index contributed by atoms with van der Waals surface area (Å²) in [6.07, 6.45) is 3.90. The number of ketones is 1. The lowest BCUT2D eigenvalue weighted by molar-refractivity contribution is 0.101. The number of nitrogens with two attached hydrogens (primary N) is 1. The lowest BCUT2D eigenvalue weighted by Gasteiger charge is -1.92. The van der Waals surface area contributed by atoms with Gasteiger partial charge >= 0.3 is 0 Å². The topological polar surface area (TPSA) is 150 Å². The van der Waals surface area contributed by atoms with Crippen molar-refractivity contribution < 1.29 is 9.90 Å². The van der Waals surface area contributed by atoms with Crippen molar-refractivity contribution in [2.45, 2.75) is 19.8 Å². The number of hydrogen-bond acceptors (Lipinski definition) is 9. The van der Waals surface area contributed by atoms with Gasteiger partial charge in [0.2, 0.25) is 0 Å². The summed E-state index contributed by atoms with van der Waals surface area (Å²) in [4.78, 5) is 23.5. The van der Waals surface area contributed by atoms with Gasteiger partial charge in [0.1, 0.15) is 10.7 Å². The van der Waals surface area contributed by atoms with Gasteiger partial charge in [-0.05, 0) is 31.2 Å². The molecule has 3 aromatic rings. The number of pyridine rings is 2. The Hall–Kier alpha value is -3.09. The van der Waals surface area contributed by atoms with Crippen LogP contribution in [0.1, 0.15) is 28.8 Å². The van der Waals surface area contributed by atoms with Crippen molar-refractivity contribution in [2.75, 3.05) is 11.9 Å². The highest BCUT2D eigenvalue weighted by molar-refractivity contribution is 9.09. The normalized spacial score (nSPS) is 8.64. The second-order valence-corrected chi connectivity index (χ2v) is 7.59. The van der Waals surface area contributed by atoms with E-state index >= 15 is 0 Å². The number of halogens is 1. The van der Waals surface area contributed by atoms with Gasteiger partial charge in [-0.15, -0.1) is 11.3 Å². The van der Waals surface area contributed by atoms with Gasteiger partial charge in [-0.3, -0.25) is 14.8 Å². The minimum absolute atomic E-state index is 0.0144. The molecule has 0 unspecified atom stereocenters. The Morgan fingerprint density at radius 2 is 1.79 bits per heavy atom. The quantitative estimate of drug-likeness (QED) is 0.273. The molecule has 0 aliphatic heterocycles. The molecule has 3 heterocycles. The third-order valence-electron chi connectivity index (χ3n) is 3.03. The minimum atomic E-state index is 0.0144. The lowest BCUT2D eigenvalue weighted by Crippen LogP contribution is -2.04. The predicted octanol–water partition coefficient (Wildman–Crippen LogP) is 4.12. The molecule has 3 aromatic heterocycles. The third-order valence-corrected chi connectivity index (χ3v) is 4.54. The number of carbonyl (C=O) groups excluding carboxylic acids is 1. The molecular weight excluding hydrogens is 524 g/mol. The third kappa shape index (κ3) is 14.6. The van der Waals surface area contributed by atoms with E-state index in [0.29, 0.717) is 17.4 Å². The van der Waals surface area contributed by atoms with Crippen molar-refractivity contribution in [3.8, 4) is 23.5 Å². The molecule has 0 saturated carbocycles. The SMILES string of the molecule is CCO.N#CCC(N)=S.N#CCc1nc(-c2ccccn2)cs1.O=C(CBr)c1ccccn1. The van der Waals surface area contributed by atoms with Gasteiger partial charge in [0, 0.05) is 24.4 Å². The first-order valence-corrected chi connectivity index (χ1v) is 11.8. The average Bonchev–Trinajstić information content (AvgIpc) is 3.30. The maximum absolute atomic E-state index is 10.9. The Morgan fingerprint density at radius 1 is 1.15 bits per heavy atom. The molecule has 0 spiro atoms. The summed E-state index contributed by atoms with van der Waals surface area (Å²) in [6.45, 7) is 1.93. The number of aromatic nitrogens is 3. The molecule has 0 saturated heterocycles. The van der Waals surface area contributed by atoms with Gasteiger partial charge in [0.05, 0.1) is 46.7 Å². The van der Waals surface area contributed by atoms with Crippen molar-refractivity contribution in [1.82, 2.24) is 15.0 Å². The highest BCUT2D eigenvalue weighted by atomic mass is 79.9. The first kappa shape index (κ1) is 29.9. The molecule has 0 fully saturated rings.